The summed E-state index contributed by atoms with van der Waals surface area (Å²) >= 11 is 6.44. The molecule has 0 aromatic carbocycles. The van der Waals surface area contributed by atoms with Gasteiger partial charge >= 0.3 is 0 Å². The number of methoxy groups -OCH3 is 1. The summed E-state index contributed by atoms with van der Waals surface area (Å²) in [4.78, 5) is 20.6. The first-order chi connectivity index (χ1) is 12.1. The molecule has 0 aliphatic carbocycles. The highest BCUT2D eigenvalue weighted by atomic mass is 32.2. The second kappa shape index (κ2) is 7.99. The Kier molecular flexibility index (Phi) is 5.73. The number of amides is 1. The van der Waals surface area contributed by atoms with Crippen molar-refractivity contribution in [3.63, 3.8) is 0 Å². The zero-order valence-corrected chi connectivity index (χ0v) is 15.5. The van der Waals surface area contributed by atoms with Crippen LogP contribution in [0.3, 0.4) is 0 Å². The lowest BCUT2D eigenvalue weighted by molar-refractivity contribution is -0.122. The van der Waals surface area contributed by atoms with E-state index in [2.05, 4.69) is 11.1 Å². The summed E-state index contributed by atoms with van der Waals surface area (Å²) in [6.45, 7) is 2.52. The van der Waals surface area contributed by atoms with E-state index in [9.17, 15) is 10.1 Å². The minimum Gasteiger partial charge on any atom is -0.420 e. The standard InChI is InChI=1S/C16H18N4O3S2/c1-22-8-7-20-14(21)12(25-16(20)24)9-13-18-11(10-17)15(23-13)19-5-3-2-4-6-19/h9H,2-8H2,1H3/b12-9+. The van der Waals surface area contributed by atoms with E-state index in [0.29, 0.717) is 28.3 Å². The number of thiocarbonyl (C=S) groups is 1. The lowest BCUT2D eigenvalue weighted by atomic mass is 10.1. The lowest BCUT2D eigenvalue weighted by Crippen LogP contribution is -2.31. The molecule has 0 bridgehead atoms. The first-order valence-electron chi connectivity index (χ1n) is 8.04. The van der Waals surface area contributed by atoms with Crippen LogP contribution in [0.2, 0.25) is 0 Å². The molecule has 0 atom stereocenters. The highest BCUT2D eigenvalue weighted by Gasteiger charge is 2.32. The number of anilines is 1. The van der Waals surface area contributed by atoms with E-state index in [1.54, 1.807) is 13.2 Å². The second-order valence-electron chi connectivity index (χ2n) is 5.69. The van der Waals surface area contributed by atoms with E-state index in [4.69, 9.17) is 21.4 Å². The molecule has 2 saturated heterocycles. The number of hydrogen-bond acceptors (Lipinski definition) is 8. The van der Waals surface area contributed by atoms with Crippen molar-refractivity contribution in [1.29, 1.82) is 5.26 Å². The molecular weight excluding hydrogens is 360 g/mol. The van der Waals surface area contributed by atoms with Crippen LogP contribution in [-0.2, 0) is 9.53 Å². The summed E-state index contributed by atoms with van der Waals surface area (Å²) in [7, 11) is 1.58. The number of nitriles is 1. The van der Waals surface area contributed by atoms with Gasteiger partial charge in [-0.3, -0.25) is 9.69 Å². The van der Waals surface area contributed by atoms with Gasteiger partial charge in [0, 0.05) is 26.3 Å². The fourth-order valence-electron chi connectivity index (χ4n) is 2.76. The zero-order valence-electron chi connectivity index (χ0n) is 13.9. The molecule has 3 rings (SSSR count). The van der Waals surface area contributed by atoms with Crippen LogP contribution in [0.1, 0.15) is 30.8 Å². The molecule has 0 unspecified atom stereocenters. The van der Waals surface area contributed by atoms with Crippen molar-refractivity contribution in [2.24, 2.45) is 0 Å². The van der Waals surface area contributed by atoms with Gasteiger partial charge in [0.2, 0.25) is 17.5 Å². The van der Waals surface area contributed by atoms with Crippen LogP contribution in [0.4, 0.5) is 5.88 Å². The van der Waals surface area contributed by atoms with Gasteiger partial charge in [0.15, 0.2) is 0 Å². The smallest absolute Gasteiger partial charge is 0.266 e. The molecule has 1 aromatic heterocycles. The monoisotopic (exact) mass is 378 g/mol. The molecule has 2 aliphatic rings. The third-order valence-electron chi connectivity index (χ3n) is 4.02. The van der Waals surface area contributed by atoms with Crippen LogP contribution in [-0.4, -0.2) is 53.5 Å². The number of oxazole rings is 1. The highest BCUT2D eigenvalue weighted by molar-refractivity contribution is 8.26. The van der Waals surface area contributed by atoms with Crippen molar-refractivity contribution in [1.82, 2.24) is 9.88 Å². The number of piperidine rings is 1. The third-order valence-corrected chi connectivity index (χ3v) is 5.40. The number of carbonyl (C=O) groups is 1. The van der Waals surface area contributed by atoms with Gasteiger partial charge in [0.05, 0.1) is 18.1 Å². The largest absolute Gasteiger partial charge is 0.420 e. The summed E-state index contributed by atoms with van der Waals surface area (Å²) in [6.07, 6.45) is 4.88. The fourth-order valence-corrected chi connectivity index (χ4v) is 4.03. The van der Waals surface area contributed by atoms with E-state index in [-0.39, 0.29) is 17.5 Å². The van der Waals surface area contributed by atoms with E-state index in [1.165, 1.54) is 23.1 Å². The van der Waals surface area contributed by atoms with Crippen LogP contribution in [0.5, 0.6) is 0 Å². The van der Waals surface area contributed by atoms with Gasteiger partial charge in [-0.25, -0.2) is 0 Å². The minimum absolute atomic E-state index is 0.191. The van der Waals surface area contributed by atoms with Crippen molar-refractivity contribution in [2.75, 3.05) is 38.3 Å². The van der Waals surface area contributed by atoms with Gasteiger partial charge in [0.1, 0.15) is 10.4 Å². The normalized spacial score (nSPS) is 19.8. The summed E-state index contributed by atoms with van der Waals surface area (Å²) in [6, 6.07) is 2.07. The van der Waals surface area contributed by atoms with Crippen molar-refractivity contribution >= 4 is 46.2 Å². The number of carbonyl (C=O) groups excluding carboxylic acids is 1. The Hall–Kier alpha value is -1.89. The molecule has 2 fully saturated rings. The summed E-state index contributed by atoms with van der Waals surface area (Å²) in [5, 5.41) is 9.32. The Labute approximate surface area is 155 Å². The zero-order chi connectivity index (χ0) is 17.8. The van der Waals surface area contributed by atoms with E-state index in [0.717, 1.165) is 25.9 Å². The molecule has 1 amide bonds. The van der Waals surface area contributed by atoms with Gasteiger partial charge in [-0.05, 0) is 19.3 Å². The maximum atomic E-state index is 12.4. The number of aromatic nitrogens is 1. The van der Waals surface area contributed by atoms with Crippen LogP contribution in [0.15, 0.2) is 9.32 Å². The SMILES string of the molecule is COCCN1C(=O)/C(=C\c2nc(C#N)c(N3CCCCC3)o2)SC1=S. The average Bonchev–Trinajstić information content (AvgIpc) is 3.15. The Bertz CT molecular complexity index is 747. The molecule has 2 aliphatic heterocycles. The maximum Gasteiger partial charge on any atom is 0.266 e. The topological polar surface area (TPSA) is 82.6 Å². The van der Waals surface area contributed by atoms with Crippen LogP contribution < -0.4 is 4.90 Å². The quantitative estimate of drug-likeness (QED) is 0.570. The molecule has 7 nitrogen and oxygen atoms in total. The molecule has 0 radical (unpaired) electrons. The summed E-state index contributed by atoms with van der Waals surface area (Å²) in [5.41, 5.74) is 0.253. The summed E-state index contributed by atoms with van der Waals surface area (Å²) in [5.74, 6) is 0.552. The Balaban J connectivity index is 1.82. The van der Waals surface area contributed by atoms with E-state index < -0.39 is 0 Å². The van der Waals surface area contributed by atoms with Crippen LogP contribution >= 0.6 is 24.0 Å². The average molecular weight is 378 g/mol. The minimum atomic E-state index is -0.191. The second-order valence-corrected chi connectivity index (χ2v) is 7.37. The van der Waals surface area contributed by atoms with Gasteiger partial charge in [0.25, 0.3) is 5.91 Å². The van der Waals surface area contributed by atoms with Crippen LogP contribution in [0.25, 0.3) is 6.08 Å². The van der Waals surface area contributed by atoms with Crippen molar-refractivity contribution in [3.8, 4) is 6.07 Å². The first kappa shape index (κ1) is 17.9. The molecule has 3 heterocycles. The maximum absolute atomic E-state index is 12.4. The molecular formula is C16H18N4O3S2. The molecule has 0 N–H and O–H groups in total. The Morgan fingerprint density at radius 3 is 2.88 bits per heavy atom. The molecule has 25 heavy (non-hydrogen) atoms. The molecule has 132 valence electrons. The lowest BCUT2D eigenvalue weighted by Gasteiger charge is -2.25. The van der Waals surface area contributed by atoms with Crippen molar-refractivity contribution < 1.29 is 13.9 Å². The van der Waals surface area contributed by atoms with E-state index >= 15 is 0 Å². The Morgan fingerprint density at radius 2 is 2.20 bits per heavy atom. The summed E-state index contributed by atoms with van der Waals surface area (Å²) < 4.78 is 11.3. The van der Waals surface area contributed by atoms with Gasteiger partial charge in [-0.15, -0.1) is 0 Å². The number of ether oxygens (including phenoxy) is 1. The predicted octanol–water partition coefficient (Wildman–Crippen LogP) is 2.38. The van der Waals surface area contributed by atoms with Gasteiger partial charge in [-0.1, -0.05) is 24.0 Å². The number of rotatable bonds is 5. The first-order valence-corrected chi connectivity index (χ1v) is 9.26. The highest BCUT2D eigenvalue weighted by Crippen LogP contribution is 2.33. The third kappa shape index (κ3) is 3.86. The van der Waals surface area contributed by atoms with Crippen molar-refractivity contribution in [2.45, 2.75) is 19.3 Å². The van der Waals surface area contributed by atoms with Crippen LogP contribution in [0, 0.1) is 11.3 Å². The van der Waals surface area contributed by atoms with Gasteiger partial charge < -0.3 is 14.1 Å². The Morgan fingerprint density at radius 1 is 1.44 bits per heavy atom. The molecule has 1 aromatic rings. The molecule has 0 saturated carbocycles. The fraction of sp³-hybridized carbons (Fsp3) is 0.500. The number of nitrogens with zero attached hydrogens (tertiary/aromatic N) is 4. The number of hydrogen-bond donors (Lipinski definition) is 0. The van der Waals surface area contributed by atoms with Crippen molar-refractivity contribution in [3.05, 3.63) is 16.5 Å². The number of thioether (sulfide) groups is 1. The van der Waals surface area contributed by atoms with Gasteiger partial charge in [-0.2, -0.15) is 10.2 Å². The predicted molar refractivity (Wildman–Crippen MR) is 99.0 cm³/mol. The van der Waals surface area contributed by atoms with E-state index in [1.807, 2.05) is 4.90 Å². The molecule has 0 spiro atoms. The molecule has 9 heteroatoms.